The summed E-state index contributed by atoms with van der Waals surface area (Å²) >= 11 is 0. The summed E-state index contributed by atoms with van der Waals surface area (Å²) in [6, 6.07) is 8.16. The molecule has 0 saturated carbocycles. The minimum absolute atomic E-state index is 0. The molecule has 0 atom stereocenters. The van der Waals surface area contributed by atoms with Gasteiger partial charge in [0.2, 0.25) is 0 Å². The van der Waals surface area contributed by atoms with E-state index in [1.54, 1.807) is 23.1 Å². The van der Waals surface area contributed by atoms with Crippen molar-refractivity contribution in [3.8, 4) is 0 Å². The van der Waals surface area contributed by atoms with E-state index in [2.05, 4.69) is 4.72 Å². The van der Waals surface area contributed by atoms with Crippen LogP contribution in [0.2, 0.25) is 0 Å². The third-order valence-corrected chi connectivity index (χ3v) is 6.14. The monoisotopic (exact) mass is 470 g/mol. The molecule has 0 radical (unpaired) electrons. The Balaban J connectivity index is 0.00000320. The van der Waals surface area contributed by atoms with Crippen LogP contribution in [0.1, 0.15) is 16.7 Å². The van der Waals surface area contributed by atoms with Crippen molar-refractivity contribution < 1.29 is 30.4 Å². The van der Waals surface area contributed by atoms with Gasteiger partial charge in [-0.25, -0.2) is 17.2 Å². The first-order valence-corrected chi connectivity index (χ1v) is 10.4. The van der Waals surface area contributed by atoms with Crippen LogP contribution in [0.3, 0.4) is 0 Å². The van der Waals surface area contributed by atoms with E-state index in [0.29, 0.717) is 38.1 Å². The maximum absolute atomic E-state index is 12.6. The molecule has 30 heavy (non-hydrogen) atoms. The topological polar surface area (TPSA) is 49.4 Å². The van der Waals surface area contributed by atoms with Crippen molar-refractivity contribution in [3.05, 3.63) is 59.2 Å². The molecule has 0 fully saturated rings. The number of nitrogens with one attached hydrogen (secondary N) is 1. The third-order valence-electron chi connectivity index (χ3n) is 4.74. The molecule has 0 spiro atoms. The Kier molecular flexibility index (Phi) is 7.70. The highest BCUT2D eigenvalue weighted by Gasteiger charge is 2.30. The van der Waals surface area contributed by atoms with Crippen LogP contribution >= 0.6 is 12.4 Å². The minimum atomic E-state index is -4.55. The van der Waals surface area contributed by atoms with Gasteiger partial charge in [0.25, 0.3) is 16.4 Å². The molecule has 3 rings (SSSR count). The quantitative estimate of drug-likeness (QED) is 0.650. The number of hydrogen-bond donors (Lipinski definition) is 1. The fourth-order valence-electron chi connectivity index (χ4n) is 3.25. The van der Waals surface area contributed by atoms with Crippen molar-refractivity contribution >= 4 is 28.1 Å². The van der Waals surface area contributed by atoms with Gasteiger partial charge in [-0.2, -0.15) is 13.2 Å². The maximum Gasteiger partial charge on any atom is 0.416 e. The van der Waals surface area contributed by atoms with Crippen molar-refractivity contribution in [2.75, 3.05) is 24.4 Å². The first kappa shape index (κ1) is 24.4. The van der Waals surface area contributed by atoms with Crippen LogP contribution in [0.5, 0.6) is 0 Å². The molecule has 1 N–H and O–H groups in total. The van der Waals surface area contributed by atoms with E-state index in [-0.39, 0.29) is 29.5 Å². The molecule has 0 bridgehead atoms. The predicted molar refractivity (Wildman–Crippen MR) is 106 cm³/mol. The van der Waals surface area contributed by atoms with Crippen LogP contribution in [-0.4, -0.2) is 39.4 Å². The highest BCUT2D eigenvalue weighted by molar-refractivity contribution is 7.92. The van der Waals surface area contributed by atoms with Crippen LogP contribution < -0.4 is 4.72 Å². The van der Waals surface area contributed by atoms with E-state index in [0.717, 1.165) is 23.3 Å². The largest absolute Gasteiger partial charge is 0.416 e. The van der Waals surface area contributed by atoms with Gasteiger partial charge in [-0.1, -0.05) is 6.07 Å². The number of halogens is 6. The summed E-state index contributed by atoms with van der Waals surface area (Å²) in [4.78, 5) is 1.38. The molecule has 1 aliphatic heterocycles. The number of rotatable bonds is 5. The minimum Gasteiger partial charge on any atom is -0.297 e. The van der Waals surface area contributed by atoms with Crippen molar-refractivity contribution in [2.45, 2.75) is 30.3 Å². The molecule has 166 valence electrons. The lowest BCUT2D eigenvalue weighted by Gasteiger charge is -2.18. The van der Waals surface area contributed by atoms with Crippen LogP contribution in [0.25, 0.3) is 0 Å². The van der Waals surface area contributed by atoms with Gasteiger partial charge < -0.3 is 0 Å². The van der Waals surface area contributed by atoms with E-state index in [4.69, 9.17) is 0 Å². The van der Waals surface area contributed by atoms with E-state index < -0.39 is 28.2 Å². The summed E-state index contributed by atoms with van der Waals surface area (Å²) in [7, 11) is -4.06. The fraction of sp³-hybridized carbons (Fsp3) is 0.368. The smallest absolute Gasteiger partial charge is 0.297 e. The van der Waals surface area contributed by atoms with E-state index in [9.17, 15) is 30.4 Å². The summed E-state index contributed by atoms with van der Waals surface area (Å²) < 4.78 is 90.5. The van der Waals surface area contributed by atoms with Gasteiger partial charge in [-0.3, -0.25) is 9.62 Å². The molecule has 1 heterocycles. The Labute approximate surface area is 177 Å². The molecule has 1 aliphatic rings. The second-order valence-electron chi connectivity index (χ2n) is 6.80. The van der Waals surface area contributed by atoms with E-state index >= 15 is 0 Å². The SMILES string of the molecule is Cl.O=S(=O)(Nc1ccc2c(c1)CCN(CC(F)F)CC2)c1ccc(C(F)(F)F)cc1. The summed E-state index contributed by atoms with van der Waals surface area (Å²) in [5.41, 5.74) is 1.15. The van der Waals surface area contributed by atoms with Gasteiger partial charge in [-0.05, 0) is 60.4 Å². The number of fused-ring (bicyclic) bond motifs is 1. The van der Waals surface area contributed by atoms with Crippen molar-refractivity contribution in [3.63, 3.8) is 0 Å². The van der Waals surface area contributed by atoms with E-state index in [1.165, 1.54) is 0 Å². The first-order chi connectivity index (χ1) is 13.5. The number of anilines is 1. The third kappa shape index (κ3) is 6.05. The van der Waals surface area contributed by atoms with Crippen LogP contribution in [0, 0.1) is 0 Å². The maximum atomic E-state index is 12.6. The average Bonchev–Trinajstić information content (AvgIpc) is 2.82. The van der Waals surface area contributed by atoms with Gasteiger partial charge >= 0.3 is 6.18 Å². The van der Waals surface area contributed by atoms with Gasteiger partial charge in [0, 0.05) is 18.8 Å². The average molecular weight is 471 g/mol. The molecule has 0 saturated heterocycles. The summed E-state index contributed by atoms with van der Waals surface area (Å²) in [6.45, 7) is 0.627. The molecule has 2 aromatic carbocycles. The summed E-state index contributed by atoms with van der Waals surface area (Å²) in [5, 5.41) is 0. The van der Waals surface area contributed by atoms with E-state index in [1.807, 2.05) is 0 Å². The van der Waals surface area contributed by atoms with Crippen LogP contribution in [0.4, 0.5) is 27.6 Å². The normalized spacial score (nSPS) is 15.3. The Hall–Kier alpha value is -1.91. The Morgan fingerprint density at radius 1 is 0.967 bits per heavy atom. The second-order valence-corrected chi connectivity index (χ2v) is 8.49. The zero-order chi connectivity index (χ0) is 21.2. The number of sulfonamides is 1. The van der Waals surface area contributed by atoms with Gasteiger partial charge in [0.05, 0.1) is 17.0 Å². The molecule has 0 aliphatic carbocycles. The molecule has 0 aromatic heterocycles. The Morgan fingerprint density at radius 3 is 2.13 bits per heavy atom. The molecule has 4 nitrogen and oxygen atoms in total. The zero-order valence-electron chi connectivity index (χ0n) is 15.6. The van der Waals surface area contributed by atoms with Crippen LogP contribution in [0.15, 0.2) is 47.4 Å². The van der Waals surface area contributed by atoms with Crippen molar-refractivity contribution in [1.82, 2.24) is 4.90 Å². The second kappa shape index (κ2) is 9.49. The van der Waals surface area contributed by atoms with Crippen molar-refractivity contribution in [1.29, 1.82) is 0 Å². The predicted octanol–water partition coefficient (Wildman–Crippen LogP) is 4.59. The number of alkyl halides is 5. The highest BCUT2D eigenvalue weighted by atomic mass is 35.5. The molecular formula is C19H20ClF5N2O2S. The zero-order valence-corrected chi connectivity index (χ0v) is 17.3. The standard InChI is InChI=1S/C19H19F5N2O2S.ClH/c20-18(21)12-26-9-7-13-1-4-16(11-14(13)8-10-26)25-29(27,28)17-5-2-15(3-6-17)19(22,23)24;/h1-6,11,18,25H,7-10,12H2;1H. The van der Waals surface area contributed by atoms with Gasteiger partial charge in [-0.15, -0.1) is 12.4 Å². The number of hydrogen-bond acceptors (Lipinski definition) is 3. The lowest BCUT2D eigenvalue weighted by Crippen LogP contribution is -2.31. The Bertz CT molecular complexity index is 966. The van der Waals surface area contributed by atoms with Crippen molar-refractivity contribution in [2.24, 2.45) is 0 Å². The lowest BCUT2D eigenvalue weighted by atomic mass is 10.0. The molecule has 0 unspecified atom stereocenters. The molecular weight excluding hydrogens is 451 g/mol. The Morgan fingerprint density at radius 2 is 1.57 bits per heavy atom. The molecule has 2 aromatic rings. The molecule has 11 heteroatoms. The highest BCUT2D eigenvalue weighted by Crippen LogP contribution is 2.30. The summed E-state index contributed by atoms with van der Waals surface area (Å²) in [6.07, 6.45) is -5.89. The number of benzene rings is 2. The number of nitrogens with zero attached hydrogens (tertiary/aromatic N) is 1. The fourth-order valence-corrected chi connectivity index (χ4v) is 4.30. The van der Waals surface area contributed by atoms with Gasteiger partial charge in [0.1, 0.15) is 0 Å². The summed E-state index contributed by atoms with van der Waals surface area (Å²) in [5.74, 6) is 0. The first-order valence-electron chi connectivity index (χ1n) is 8.87. The lowest BCUT2D eigenvalue weighted by molar-refractivity contribution is -0.137. The van der Waals surface area contributed by atoms with Crippen LogP contribution in [-0.2, 0) is 29.0 Å². The molecule has 0 amide bonds. The van der Waals surface area contributed by atoms with Gasteiger partial charge in [0.15, 0.2) is 0 Å².